The van der Waals surface area contributed by atoms with E-state index in [4.69, 9.17) is 11.1 Å². The van der Waals surface area contributed by atoms with Crippen molar-refractivity contribution < 1.29 is 0 Å². The maximum absolute atomic E-state index is 8.54. The fourth-order valence-corrected chi connectivity index (χ4v) is 2.90. The molecule has 0 saturated carbocycles. The normalized spacial score (nSPS) is 15.5. The summed E-state index contributed by atoms with van der Waals surface area (Å²) < 4.78 is 1.70. The van der Waals surface area contributed by atoms with Crippen molar-refractivity contribution in [3.8, 4) is 5.69 Å². The number of aliphatic imine (C=N–C) groups is 1. The molecular weight excluding hydrogens is 338 g/mol. The monoisotopic (exact) mass is 357 g/mol. The van der Waals surface area contributed by atoms with Crippen molar-refractivity contribution in [3.63, 3.8) is 0 Å². The van der Waals surface area contributed by atoms with E-state index in [-0.39, 0.29) is 5.84 Å². The van der Waals surface area contributed by atoms with E-state index in [0.717, 1.165) is 11.4 Å². The molecule has 0 spiro atoms. The number of anilines is 2. The van der Waals surface area contributed by atoms with Crippen molar-refractivity contribution in [2.24, 2.45) is 10.1 Å². The largest absolute Gasteiger partial charge is 0.394 e. The first-order chi connectivity index (χ1) is 13.1. The molecule has 0 fully saturated rings. The molecule has 2 aromatic carbocycles. The molecule has 2 heterocycles. The maximum atomic E-state index is 8.54. The highest BCUT2D eigenvalue weighted by Crippen LogP contribution is 2.30. The van der Waals surface area contributed by atoms with Crippen LogP contribution < -0.4 is 10.7 Å². The van der Waals surface area contributed by atoms with Crippen LogP contribution in [0.15, 0.2) is 70.8 Å². The van der Waals surface area contributed by atoms with Crippen molar-refractivity contribution >= 4 is 34.5 Å². The molecule has 1 aliphatic heterocycles. The lowest BCUT2D eigenvalue weighted by Crippen LogP contribution is -2.26. The minimum atomic E-state index is 0.205. The topological polar surface area (TPSA) is 95.7 Å². The zero-order chi connectivity index (χ0) is 19.0. The Morgan fingerprint density at radius 3 is 2.15 bits per heavy atom. The Hall–Kier alpha value is -3.74. The number of aromatic nitrogens is 2. The Kier molecular flexibility index (Phi) is 4.04. The van der Waals surface area contributed by atoms with Crippen LogP contribution in [-0.2, 0) is 0 Å². The van der Waals surface area contributed by atoms with Gasteiger partial charge < -0.3 is 5.73 Å². The Labute approximate surface area is 157 Å². The summed E-state index contributed by atoms with van der Waals surface area (Å²) in [7, 11) is 0. The first-order valence-electron chi connectivity index (χ1n) is 8.55. The smallest absolute Gasteiger partial charge is 0.179 e. The standard InChI is InChI=1S/C20H19N7/c1-13-17(21)20(27(24-13)16-11-7-4-8-12-16)23-18-14(2)25-26(19(18)22)15-9-5-3-6-10-15/h3-12,22H,21H2,1-2H3. The quantitative estimate of drug-likeness (QED) is 0.748. The van der Waals surface area contributed by atoms with E-state index in [1.165, 1.54) is 0 Å². The van der Waals surface area contributed by atoms with Gasteiger partial charge in [-0.1, -0.05) is 36.4 Å². The van der Waals surface area contributed by atoms with Gasteiger partial charge in [-0.15, -0.1) is 0 Å². The predicted molar refractivity (Wildman–Crippen MR) is 110 cm³/mol. The molecular formula is C20H19N7. The van der Waals surface area contributed by atoms with E-state index in [2.05, 4.69) is 15.2 Å². The summed E-state index contributed by atoms with van der Waals surface area (Å²) in [5, 5.41) is 19.1. The highest BCUT2D eigenvalue weighted by Gasteiger charge is 2.28. The molecule has 7 nitrogen and oxygen atoms in total. The zero-order valence-electron chi connectivity index (χ0n) is 15.1. The Morgan fingerprint density at radius 1 is 0.926 bits per heavy atom. The molecule has 0 amide bonds. The Balaban J connectivity index is 1.79. The maximum Gasteiger partial charge on any atom is 0.179 e. The molecule has 0 aliphatic carbocycles. The van der Waals surface area contributed by atoms with Crippen LogP contribution in [0.4, 0.5) is 17.2 Å². The molecule has 0 bridgehead atoms. The van der Waals surface area contributed by atoms with Crippen LogP contribution in [0.2, 0.25) is 0 Å². The number of benzene rings is 2. The van der Waals surface area contributed by atoms with Crippen LogP contribution in [0, 0.1) is 12.3 Å². The third-order valence-corrected chi connectivity index (χ3v) is 4.33. The molecule has 27 heavy (non-hydrogen) atoms. The number of nitrogens with zero attached hydrogens (tertiary/aromatic N) is 5. The van der Waals surface area contributed by atoms with Gasteiger partial charge in [-0.25, -0.2) is 14.7 Å². The summed E-state index contributed by atoms with van der Waals surface area (Å²) in [6.45, 7) is 3.68. The summed E-state index contributed by atoms with van der Waals surface area (Å²) in [4.78, 5) is 4.69. The third kappa shape index (κ3) is 2.89. The molecule has 3 aromatic rings. The number of rotatable bonds is 3. The highest BCUT2D eigenvalue weighted by atomic mass is 15.5. The lowest BCUT2D eigenvalue weighted by molar-refractivity contribution is 0.863. The van der Waals surface area contributed by atoms with Crippen LogP contribution in [0.3, 0.4) is 0 Å². The number of hydrogen-bond acceptors (Lipinski definition) is 5. The molecule has 1 aliphatic rings. The number of aryl methyl sites for hydroxylation is 1. The first-order valence-corrected chi connectivity index (χ1v) is 8.55. The fourth-order valence-electron chi connectivity index (χ4n) is 2.90. The molecule has 0 atom stereocenters. The molecule has 3 N–H and O–H groups in total. The van der Waals surface area contributed by atoms with Gasteiger partial charge in [0.05, 0.1) is 22.8 Å². The van der Waals surface area contributed by atoms with E-state index in [1.807, 2.05) is 74.5 Å². The molecule has 0 saturated heterocycles. The number of hydrogen-bond donors (Lipinski definition) is 2. The minimum absolute atomic E-state index is 0.205. The first kappa shape index (κ1) is 16.7. The van der Waals surface area contributed by atoms with Crippen molar-refractivity contribution in [1.29, 1.82) is 5.41 Å². The van der Waals surface area contributed by atoms with Crippen LogP contribution in [0.1, 0.15) is 12.6 Å². The molecule has 1 aromatic heterocycles. The number of hydrazone groups is 1. The molecule has 4 rings (SSSR count). The van der Waals surface area contributed by atoms with Gasteiger partial charge in [0.25, 0.3) is 0 Å². The van der Waals surface area contributed by atoms with Gasteiger partial charge >= 0.3 is 0 Å². The van der Waals surface area contributed by atoms with Gasteiger partial charge in [0.1, 0.15) is 11.4 Å². The average molecular weight is 357 g/mol. The van der Waals surface area contributed by atoms with Gasteiger partial charge in [0.15, 0.2) is 11.7 Å². The second-order valence-corrected chi connectivity index (χ2v) is 6.21. The van der Waals surface area contributed by atoms with Crippen molar-refractivity contribution in [2.75, 3.05) is 10.7 Å². The van der Waals surface area contributed by atoms with Crippen molar-refractivity contribution in [1.82, 2.24) is 9.78 Å². The van der Waals surface area contributed by atoms with Gasteiger partial charge in [0, 0.05) is 0 Å². The molecule has 0 unspecified atom stereocenters. The van der Waals surface area contributed by atoms with Crippen LogP contribution in [0.5, 0.6) is 0 Å². The lowest BCUT2D eigenvalue weighted by Gasteiger charge is -2.13. The number of nitrogens with two attached hydrogens (primary N) is 1. The lowest BCUT2D eigenvalue weighted by atomic mass is 10.2. The SMILES string of the molecule is CC1=NN(c2ccccc2)C(=N)C1=Nc1c(N)c(C)nn1-c1ccccc1. The zero-order valence-corrected chi connectivity index (χ0v) is 15.1. The Bertz CT molecular complexity index is 1060. The van der Waals surface area contributed by atoms with Gasteiger partial charge in [0.2, 0.25) is 0 Å². The van der Waals surface area contributed by atoms with Crippen LogP contribution >= 0.6 is 0 Å². The van der Waals surface area contributed by atoms with Gasteiger partial charge in [-0.05, 0) is 38.1 Å². The second kappa shape index (κ2) is 6.53. The van der Waals surface area contributed by atoms with E-state index in [0.29, 0.717) is 28.6 Å². The van der Waals surface area contributed by atoms with E-state index >= 15 is 0 Å². The number of para-hydroxylation sites is 2. The van der Waals surface area contributed by atoms with Gasteiger partial charge in [-0.3, -0.25) is 5.41 Å². The highest BCUT2D eigenvalue weighted by molar-refractivity contribution is 6.72. The average Bonchev–Trinajstić information content (AvgIpc) is 3.14. The van der Waals surface area contributed by atoms with E-state index in [9.17, 15) is 0 Å². The Morgan fingerprint density at radius 2 is 1.52 bits per heavy atom. The summed E-state index contributed by atoms with van der Waals surface area (Å²) >= 11 is 0. The summed E-state index contributed by atoms with van der Waals surface area (Å²) in [6, 6.07) is 19.2. The molecule has 7 heteroatoms. The van der Waals surface area contributed by atoms with Crippen LogP contribution in [0.25, 0.3) is 5.69 Å². The second-order valence-electron chi connectivity index (χ2n) is 6.21. The van der Waals surface area contributed by atoms with Gasteiger partial charge in [-0.2, -0.15) is 10.2 Å². The molecule has 0 radical (unpaired) electrons. The van der Waals surface area contributed by atoms with Crippen molar-refractivity contribution in [2.45, 2.75) is 13.8 Å². The van der Waals surface area contributed by atoms with E-state index in [1.54, 1.807) is 9.69 Å². The minimum Gasteiger partial charge on any atom is -0.394 e. The summed E-state index contributed by atoms with van der Waals surface area (Å²) in [5.74, 6) is 0.708. The fraction of sp³-hybridized carbons (Fsp3) is 0.100. The number of nitrogens with one attached hydrogen (secondary N) is 1. The number of amidine groups is 1. The predicted octanol–water partition coefficient (Wildman–Crippen LogP) is 3.71. The van der Waals surface area contributed by atoms with E-state index < -0.39 is 0 Å². The van der Waals surface area contributed by atoms with Crippen molar-refractivity contribution in [3.05, 3.63) is 66.4 Å². The van der Waals surface area contributed by atoms with Crippen LogP contribution in [-0.4, -0.2) is 27.0 Å². The summed E-state index contributed by atoms with van der Waals surface area (Å²) in [6.07, 6.45) is 0. The molecule has 134 valence electrons. The summed E-state index contributed by atoms with van der Waals surface area (Å²) in [5.41, 5.74) is 10.2. The third-order valence-electron chi connectivity index (χ3n) is 4.33. The number of nitrogen functional groups attached to an aromatic ring is 1.